The summed E-state index contributed by atoms with van der Waals surface area (Å²) in [5.74, 6) is 1.03. The van der Waals surface area contributed by atoms with Crippen LogP contribution in [0.2, 0.25) is 0 Å². The minimum atomic E-state index is 0. The third-order valence-corrected chi connectivity index (χ3v) is 5.41. The Hall–Kier alpha value is -2.10. The van der Waals surface area contributed by atoms with E-state index in [-0.39, 0.29) is 29.9 Å². The van der Waals surface area contributed by atoms with E-state index in [1.165, 1.54) is 11.3 Å². The number of anilines is 1. The van der Waals surface area contributed by atoms with Gasteiger partial charge in [0.25, 0.3) is 0 Å². The van der Waals surface area contributed by atoms with Crippen LogP contribution in [-0.4, -0.2) is 41.3 Å². The van der Waals surface area contributed by atoms with Gasteiger partial charge in [-0.3, -0.25) is 9.48 Å². The summed E-state index contributed by atoms with van der Waals surface area (Å²) < 4.78 is 1.93. The summed E-state index contributed by atoms with van der Waals surface area (Å²) in [7, 11) is 1.98. The van der Waals surface area contributed by atoms with Gasteiger partial charge in [0, 0.05) is 44.5 Å². The van der Waals surface area contributed by atoms with Gasteiger partial charge in [-0.2, -0.15) is 5.10 Å². The van der Waals surface area contributed by atoms with Crippen molar-refractivity contribution in [2.24, 2.45) is 12.0 Å². The number of carbonyl (C=O) groups is 1. The fourth-order valence-corrected chi connectivity index (χ4v) is 3.70. The topological polar surface area (TPSA) is 74.6 Å². The molecule has 8 heteroatoms. The zero-order valence-electron chi connectivity index (χ0n) is 18.4. The van der Waals surface area contributed by atoms with Crippen LogP contribution in [0.1, 0.15) is 42.3 Å². The summed E-state index contributed by atoms with van der Waals surface area (Å²) in [6, 6.07) is 8.14. The highest BCUT2D eigenvalue weighted by Gasteiger charge is 2.21. The molecule has 1 amide bonds. The van der Waals surface area contributed by atoms with E-state index in [2.05, 4.69) is 48.6 Å². The number of nitrogens with one attached hydrogen (secondary N) is 2. The van der Waals surface area contributed by atoms with Gasteiger partial charge < -0.3 is 15.5 Å². The van der Waals surface area contributed by atoms with Gasteiger partial charge in [0.1, 0.15) is 0 Å². The first-order valence-electron chi connectivity index (χ1n) is 10.4. The second kappa shape index (κ2) is 11.3. The molecular formula is C22H33IN6O. The quantitative estimate of drug-likeness (QED) is 0.332. The van der Waals surface area contributed by atoms with E-state index in [9.17, 15) is 4.79 Å². The third-order valence-electron chi connectivity index (χ3n) is 5.41. The first-order chi connectivity index (χ1) is 14.0. The highest BCUT2D eigenvalue weighted by molar-refractivity contribution is 14.0. The summed E-state index contributed by atoms with van der Waals surface area (Å²) in [5.41, 5.74) is 5.69. The fourth-order valence-electron chi connectivity index (χ4n) is 3.70. The number of aliphatic imine (C=N–C) groups is 1. The summed E-state index contributed by atoms with van der Waals surface area (Å²) in [6.45, 7) is 9.25. The number of nitrogens with zero attached hydrogens (tertiary/aromatic N) is 4. The van der Waals surface area contributed by atoms with Crippen LogP contribution in [0.15, 0.2) is 29.3 Å². The van der Waals surface area contributed by atoms with Crippen LogP contribution in [0.3, 0.4) is 0 Å². The van der Waals surface area contributed by atoms with Crippen LogP contribution >= 0.6 is 24.0 Å². The molecule has 0 saturated carbocycles. The van der Waals surface area contributed by atoms with Crippen LogP contribution in [0, 0.1) is 13.8 Å². The van der Waals surface area contributed by atoms with E-state index in [4.69, 9.17) is 4.99 Å². The number of benzene rings is 1. The van der Waals surface area contributed by atoms with E-state index in [0.29, 0.717) is 13.0 Å². The number of aromatic nitrogens is 2. The smallest absolute Gasteiger partial charge is 0.227 e. The van der Waals surface area contributed by atoms with Crippen molar-refractivity contribution in [3.05, 3.63) is 46.8 Å². The number of aryl methyl sites for hydroxylation is 2. The zero-order valence-corrected chi connectivity index (χ0v) is 20.7. The fraction of sp³-hybridized carbons (Fsp3) is 0.500. The van der Waals surface area contributed by atoms with Crippen molar-refractivity contribution in [3.63, 3.8) is 0 Å². The number of guanidine groups is 1. The molecule has 2 aromatic rings. The standard InChI is InChI=1S/C22H32N6O.HI/c1-5-23-22(24-13-12-20-16(2)26-27(4)17(20)3)25-15-18-8-10-19(11-9-18)28-14-6-7-21(28)29;/h8-11H,5-7,12-15H2,1-4H3,(H2,23,24,25);1H. The van der Waals surface area contributed by atoms with Gasteiger partial charge >= 0.3 is 0 Å². The Labute approximate surface area is 196 Å². The molecule has 7 nitrogen and oxygen atoms in total. The molecule has 0 spiro atoms. The van der Waals surface area contributed by atoms with E-state index in [1.807, 2.05) is 28.8 Å². The average molecular weight is 524 g/mol. The Balaban J connectivity index is 0.00000320. The molecule has 0 aliphatic carbocycles. The molecule has 2 N–H and O–H groups in total. The number of amides is 1. The van der Waals surface area contributed by atoms with E-state index in [1.54, 1.807) is 0 Å². The molecule has 1 saturated heterocycles. The Morgan fingerprint density at radius 3 is 2.50 bits per heavy atom. The van der Waals surface area contributed by atoms with Crippen molar-refractivity contribution in [1.29, 1.82) is 0 Å². The molecule has 0 atom stereocenters. The minimum Gasteiger partial charge on any atom is -0.357 e. The molecule has 1 aliphatic rings. The van der Waals surface area contributed by atoms with Gasteiger partial charge in [-0.05, 0) is 56.9 Å². The number of rotatable bonds is 7. The first-order valence-corrected chi connectivity index (χ1v) is 10.4. The lowest BCUT2D eigenvalue weighted by atomic mass is 10.1. The summed E-state index contributed by atoms with van der Waals surface area (Å²) in [5, 5.41) is 11.2. The third kappa shape index (κ3) is 5.96. The molecule has 164 valence electrons. The van der Waals surface area contributed by atoms with Gasteiger partial charge in [-0.1, -0.05) is 12.1 Å². The van der Waals surface area contributed by atoms with Gasteiger partial charge in [0.15, 0.2) is 5.96 Å². The molecule has 1 fully saturated rings. The summed E-state index contributed by atoms with van der Waals surface area (Å²) in [6.07, 6.45) is 2.51. The van der Waals surface area contributed by atoms with Crippen molar-refractivity contribution in [3.8, 4) is 0 Å². The summed E-state index contributed by atoms with van der Waals surface area (Å²) >= 11 is 0. The second-order valence-corrected chi connectivity index (χ2v) is 7.46. The van der Waals surface area contributed by atoms with E-state index >= 15 is 0 Å². The lowest BCUT2D eigenvalue weighted by Gasteiger charge is -2.16. The van der Waals surface area contributed by atoms with Gasteiger partial charge in [-0.15, -0.1) is 24.0 Å². The molecule has 0 bridgehead atoms. The molecular weight excluding hydrogens is 491 g/mol. The molecule has 2 heterocycles. The maximum atomic E-state index is 11.9. The predicted octanol–water partition coefficient (Wildman–Crippen LogP) is 3.08. The Morgan fingerprint density at radius 1 is 1.20 bits per heavy atom. The number of hydrogen-bond donors (Lipinski definition) is 2. The summed E-state index contributed by atoms with van der Waals surface area (Å²) in [4.78, 5) is 18.4. The SMILES string of the molecule is CCNC(=NCc1ccc(N2CCCC2=O)cc1)NCCc1c(C)nn(C)c1C.I. The van der Waals surface area contributed by atoms with Crippen molar-refractivity contribution >= 4 is 41.5 Å². The van der Waals surface area contributed by atoms with E-state index < -0.39 is 0 Å². The zero-order chi connectivity index (χ0) is 20.8. The van der Waals surface area contributed by atoms with E-state index in [0.717, 1.165) is 55.4 Å². The average Bonchev–Trinajstić information content (AvgIpc) is 3.24. The molecule has 3 rings (SSSR count). The van der Waals surface area contributed by atoms with Crippen molar-refractivity contribution < 1.29 is 4.79 Å². The second-order valence-electron chi connectivity index (χ2n) is 7.46. The first kappa shape index (κ1) is 24.2. The van der Waals surface area contributed by atoms with Crippen LogP contribution in [0.5, 0.6) is 0 Å². The molecule has 1 aliphatic heterocycles. The van der Waals surface area contributed by atoms with Crippen LogP contribution in [0.25, 0.3) is 0 Å². The number of halogens is 1. The Kier molecular flexibility index (Phi) is 9.13. The van der Waals surface area contributed by atoms with Crippen LogP contribution < -0.4 is 15.5 Å². The molecule has 1 aromatic heterocycles. The Bertz CT molecular complexity index is 874. The predicted molar refractivity (Wildman–Crippen MR) is 133 cm³/mol. The maximum absolute atomic E-state index is 11.9. The lowest BCUT2D eigenvalue weighted by Crippen LogP contribution is -2.38. The molecule has 30 heavy (non-hydrogen) atoms. The molecule has 0 radical (unpaired) electrons. The van der Waals surface area contributed by atoms with Crippen LogP contribution in [0.4, 0.5) is 5.69 Å². The monoisotopic (exact) mass is 524 g/mol. The van der Waals surface area contributed by atoms with Crippen LogP contribution in [-0.2, 0) is 24.8 Å². The van der Waals surface area contributed by atoms with Gasteiger partial charge in [0.2, 0.25) is 5.91 Å². The highest BCUT2D eigenvalue weighted by atomic mass is 127. The Morgan fingerprint density at radius 2 is 1.93 bits per heavy atom. The lowest BCUT2D eigenvalue weighted by molar-refractivity contribution is -0.117. The number of hydrogen-bond acceptors (Lipinski definition) is 3. The van der Waals surface area contributed by atoms with Gasteiger partial charge in [0.05, 0.1) is 12.2 Å². The largest absolute Gasteiger partial charge is 0.357 e. The maximum Gasteiger partial charge on any atom is 0.227 e. The van der Waals surface area contributed by atoms with Crippen molar-refractivity contribution in [1.82, 2.24) is 20.4 Å². The normalized spacial score (nSPS) is 14.1. The minimum absolute atomic E-state index is 0. The highest BCUT2D eigenvalue weighted by Crippen LogP contribution is 2.21. The van der Waals surface area contributed by atoms with Gasteiger partial charge in [-0.25, -0.2) is 4.99 Å². The molecule has 1 aromatic carbocycles. The van der Waals surface area contributed by atoms with Crippen molar-refractivity contribution in [2.45, 2.75) is 46.6 Å². The van der Waals surface area contributed by atoms with Crippen molar-refractivity contribution in [2.75, 3.05) is 24.5 Å². The molecule has 0 unspecified atom stereocenters. The number of carbonyl (C=O) groups excluding carboxylic acids is 1.